The number of aryl methyl sites for hydroxylation is 2. The van der Waals surface area contributed by atoms with Crippen LogP contribution in [-0.4, -0.2) is 38.1 Å². The molecule has 0 saturated heterocycles. The van der Waals surface area contributed by atoms with Gasteiger partial charge in [-0.1, -0.05) is 11.6 Å². The molecule has 0 bridgehead atoms. The standard InChI is InChI=1S/C19H17ClF3N5O3/c1-10-14(11(2)28-18(24-10)26-17(27-28)19(21,22)23)7-8-16(30)31-9-15(29)25-13-5-3-12(20)4-6-13/h3-6H,7-9H2,1-2H3,(H,25,29). The van der Waals surface area contributed by atoms with Gasteiger partial charge >= 0.3 is 12.1 Å². The zero-order valence-electron chi connectivity index (χ0n) is 16.5. The summed E-state index contributed by atoms with van der Waals surface area (Å²) in [6.07, 6.45) is -4.63. The number of ether oxygens (including phenoxy) is 1. The molecule has 0 unspecified atom stereocenters. The van der Waals surface area contributed by atoms with E-state index in [4.69, 9.17) is 16.3 Å². The van der Waals surface area contributed by atoms with Gasteiger partial charge in [0.05, 0.1) is 0 Å². The van der Waals surface area contributed by atoms with E-state index in [-0.39, 0.29) is 18.6 Å². The molecule has 0 spiro atoms. The van der Waals surface area contributed by atoms with Crippen LogP contribution in [0.25, 0.3) is 5.78 Å². The summed E-state index contributed by atoms with van der Waals surface area (Å²) in [4.78, 5) is 31.3. The minimum absolute atomic E-state index is 0.0933. The number of halogens is 4. The monoisotopic (exact) mass is 455 g/mol. The van der Waals surface area contributed by atoms with Gasteiger partial charge in [-0.05, 0) is 50.1 Å². The summed E-state index contributed by atoms with van der Waals surface area (Å²) >= 11 is 5.77. The van der Waals surface area contributed by atoms with Crippen molar-refractivity contribution in [2.45, 2.75) is 32.9 Å². The predicted octanol–water partition coefficient (Wildman–Crippen LogP) is 3.53. The number of nitrogens with zero attached hydrogens (tertiary/aromatic N) is 4. The second kappa shape index (κ2) is 8.88. The number of esters is 1. The predicted molar refractivity (Wildman–Crippen MR) is 105 cm³/mol. The Morgan fingerprint density at radius 2 is 1.84 bits per heavy atom. The molecule has 3 rings (SSSR count). The Morgan fingerprint density at radius 3 is 2.48 bits per heavy atom. The quantitative estimate of drug-likeness (QED) is 0.571. The summed E-state index contributed by atoms with van der Waals surface area (Å²) in [6, 6.07) is 6.41. The Morgan fingerprint density at radius 1 is 1.16 bits per heavy atom. The van der Waals surface area contributed by atoms with Crippen LogP contribution in [-0.2, 0) is 26.9 Å². The molecular formula is C19H17ClF3N5O3. The first-order valence-corrected chi connectivity index (χ1v) is 9.43. The number of amides is 1. The molecule has 0 fully saturated rings. The molecule has 0 aliphatic heterocycles. The second-order valence-corrected chi connectivity index (χ2v) is 7.06. The van der Waals surface area contributed by atoms with Gasteiger partial charge in [0.15, 0.2) is 6.61 Å². The van der Waals surface area contributed by atoms with Crippen LogP contribution in [0.3, 0.4) is 0 Å². The Balaban J connectivity index is 1.59. The van der Waals surface area contributed by atoms with Crippen molar-refractivity contribution in [2.75, 3.05) is 11.9 Å². The van der Waals surface area contributed by atoms with E-state index in [9.17, 15) is 22.8 Å². The van der Waals surface area contributed by atoms with E-state index in [0.29, 0.717) is 27.7 Å². The molecule has 3 aromatic rings. The fourth-order valence-corrected chi connectivity index (χ4v) is 2.99. The summed E-state index contributed by atoms with van der Waals surface area (Å²) in [5.41, 5.74) is 1.87. The number of aromatic nitrogens is 4. The highest BCUT2D eigenvalue weighted by molar-refractivity contribution is 6.30. The van der Waals surface area contributed by atoms with E-state index in [0.717, 1.165) is 4.52 Å². The average molecular weight is 456 g/mol. The van der Waals surface area contributed by atoms with Crippen molar-refractivity contribution < 1.29 is 27.5 Å². The van der Waals surface area contributed by atoms with Gasteiger partial charge in [0.2, 0.25) is 0 Å². The lowest BCUT2D eigenvalue weighted by molar-refractivity contribution is -0.147. The van der Waals surface area contributed by atoms with E-state index >= 15 is 0 Å². The zero-order valence-corrected chi connectivity index (χ0v) is 17.2. The zero-order chi connectivity index (χ0) is 22.8. The van der Waals surface area contributed by atoms with Crippen LogP contribution in [0.2, 0.25) is 5.02 Å². The summed E-state index contributed by atoms with van der Waals surface area (Å²) in [6.45, 7) is 2.70. The van der Waals surface area contributed by atoms with Gasteiger partial charge in [-0.15, -0.1) is 5.10 Å². The molecule has 8 nitrogen and oxygen atoms in total. The van der Waals surface area contributed by atoms with Gasteiger partial charge in [-0.3, -0.25) is 9.59 Å². The third-order valence-electron chi connectivity index (χ3n) is 4.37. The second-order valence-electron chi connectivity index (χ2n) is 6.62. The number of anilines is 1. The molecule has 0 saturated carbocycles. The highest BCUT2D eigenvalue weighted by Crippen LogP contribution is 2.27. The van der Waals surface area contributed by atoms with Crippen molar-refractivity contribution >= 4 is 34.9 Å². The number of benzene rings is 1. The molecule has 12 heteroatoms. The molecule has 1 amide bonds. The lowest BCUT2D eigenvalue weighted by Crippen LogP contribution is -2.21. The average Bonchev–Trinajstić information content (AvgIpc) is 3.13. The third kappa shape index (κ3) is 5.48. The number of alkyl halides is 3. The first-order valence-electron chi connectivity index (χ1n) is 9.05. The van der Waals surface area contributed by atoms with Crippen molar-refractivity contribution in [1.82, 2.24) is 19.6 Å². The highest BCUT2D eigenvalue weighted by atomic mass is 35.5. The van der Waals surface area contributed by atoms with E-state index in [1.54, 1.807) is 38.1 Å². The molecule has 1 aromatic carbocycles. The maximum atomic E-state index is 12.9. The van der Waals surface area contributed by atoms with Crippen LogP contribution in [0.4, 0.5) is 18.9 Å². The lowest BCUT2D eigenvalue weighted by atomic mass is 10.1. The summed E-state index contributed by atoms with van der Waals surface area (Å²) in [7, 11) is 0. The number of rotatable bonds is 6. The third-order valence-corrected chi connectivity index (χ3v) is 4.63. The van der Waals surface area contributed by atoms with Gasteiger partial charge in [-0.2, -0.15) is 18.2 Å². The number of nitrogens with one attached hydrogen (secondary N) is 1. The topological polar surface area (TPSA) is 98.5 Å². The Hall–Kier alpha value is -3.21. The van der Waals surface area contributed by atoms with Crippen LogP contribution in [0.15, 0.2) is 24.3 Å². The van der Waals surface area contributed by atoms with Gasteiger partial charge in [0.25, 0.3) is 17.5 Å². The van der Waals surface area contributed by atoms with Crippen LogP contribution < -0.4 is 5.32 Å². The van der Waals surface area contributed by atoms with Gasteiger partial charge in [0.1, 0.15) is 0 Å². The minimum Gasteiger partial charge on any atom is -0.456 e. The normalized spacial score (nSPS) is 11.5. The van der Waals surface area contributed by atoms with E-state index in [1.165, 1.54) is 0 Å². The van der Waals surface area contributed by atoms with Gasteiger partial charge in [0, 0.05) is 28.5 Å². The number of carbonyl (C=O) groups excluding carboxylic acids is 2. The van der Waals surface area contributed by atoms with Crippen molar-refractivity contribution in [1.29, 1.82) is 0 Å². The van der Waals surface area contributed by atoms with Crippen LogP contribution >= 0.6 is 11.6 Å². The first-order chi connectivity index (χ1) is 14.5. The number of carbonyl (C=O) groups is 2. The Kier molecular flexibility index (Phi) is 6.44. The molecule has 0 radical (unpaired) electrons. The van der Waals surface area contributed by atoms with E-state index in [1.807, 2.05) is 0 Å². The van der Waals surface area contributed by atoms with Crippen molar-refractivity contribution in [3.63, 3.8) is 0 Å². The summed E-state index contributed by atoms with van der Waals surface area (Å²) in [5, 5.41) is 6.53. The molecular weight excluding hydrogens is 439 g/mol. The molecule has 164 valence electrons. The molecule has 2 heterocycles. The maximum absolute atomic E-state index is 12.9. The van der Waals surface area contributed by atoms with E-state index < -0.39 is 30.5 Å². The maximum Gasteiger partial charge on any atom is 0.453 e. The Bertz CT molecular complexity index is 1130. The highest BCUT2D eigenvalue weighted by Gasteiger charge is 2.37. The Labute approximate surface area is 179 Å². The van der Waals surface area contributed by atoms with Crippen molar-refractivity contribution in [2.24, 2.45) is 0 Å². The fourth-order valence-electron chi connectivity index (χ4n) is 2.87. The molecule has 0 atom stereocenters. The van der Waals surface area contributed by atoms with E-state index in [2.05, 4.69) is 20.4 Å². The van der Waals surface area contributed by atoms with Crippen LogP contribution in [0.1, 0.15) is 29.2 Å². The smallest absolute Gasteiger partial charge is 0.453 e. The molecule has 31 heavy (non-hydrogen) atoms. The molecule has 2 aromatic heterocycles. The lowest BCUT2D eigenvalue weighted by Gasteiger charge is -2.10. The number of fused-ring (bicyclic) bond motifs is 1. The summed E-state index contributed by atoms with van der Waals surface area (Å²) < 4.78 is 44.5. The van der Waals surface area contributed by atoms with Crippen molar-refractivity contribution in [3.8, 4) is 0 Å². The minimum atomic E-state index is -4.69. The fraction of sp³-hybridized carbons (Fsp3) is 0.316. The molecule has 1 N–H and O–H groups in total. The van der Waals surface area contributed by atoms with Crippen LogP contribution in [0, 0.1) is 13.8 Å². The SMILES string of the molecule is Cc1nc2nc(C(F)(F)F)nn2c(C)c1CCC(=O)OCC(=O)Nc1ccc(Cl)cc1. The summed E-state index contributed by atoms with van der Waals surface area (Å²) in [5.74, 6) is -2.62. The number of hydrogen-bond acceptors (Lipinski definition) is 6. The van der Waals surface area contributed by atoms with Gasteiger partial charge in [-0.25, -0.2) is 9.50 Å². The van der Waals surface area contributed by atoms with Gasteiger partial charge < -0.3 is 10.1 Å². The van der Waals surface area contributed by atoms with Crippen molar-refractivity contribution in [3.05, 3.63) is 52.1 Å². The molecule has 0 aliphatic rings. The largest absolute Gasteiger partial charge is 0.456 e. The molecule has 0 aliphatic carbocycles. The first kappa shape index (κ1) is 22.5. The van der Waals surface area contributed by atoms with Crippen LogP contribution in [0.5, 0.6) is 0 Å². The number of hydrogen-bond donors (Lipinski definition) is 1.